The zero-order chi connectivity index (χ0) is 19.4. The van der Waals surface area contributed by atoms with E-state index in [1.54, 1.807) is 11.3 Å². The maximum absolute atomic E-state index is 12.9. The molecule has 0 saturated carbocycles. The molecular formula is C23H26N2OS. The molecule has 0 aliphatic rings. The van der Waals surface area contributed by atoms with Gasteiger partial charge in [-0.3, -0.25) is 10.1 Å². The topological polar surface area (TPSA) is 41.1 Å². The van der Waals surface area contributed by atoms with E-state index in [0.29, 0.717) is 0 Å². The summed E-state index contributed by atoms with van der Waals surface area (Å²) in [5.74, 6) is -0.0254. The summed E-state index contributed by atoms with van der Waals surface area (Å²) in [4.78, 5) is 14.1. The quantitative estimate of drug-likeness (QED) is 0.605. The monoisotopic (exact) mass is 378 g/mol. The second-order valence-corrected chi connectivity index (χ2v) is 7.99. The smallest absolute Gasteiger partial charge is 0.241 e. The lowest BCUT2D eigenvalue weighted by Gasteiger charge is -2.23. The molecule has 0 unspecified atom stereocenters. The van der Waals surface area contributed by atoms with Gasteiger partial charge in [-0.2, -0.15) is 0 Å². The highest BCUT2D eigenvalue weighted by atomic mass is 32.1. The zero-order valence-electron chi connectivity index (χ0n) is 16.2. The molecule has 2 atom stereocenters. The third kappa shape index (κ3) is 4.65. The van der Waals surface area contributed by atoms with Crippen LogP contribution in [-0.2, 0) is 4.79 Å². The van der Waals surface area contributed by atoms with Gasteiger partial charge < -0.3 is 5.32 Å². The molecule has 0 aliphatic carbocycles. The minimum absolute atomic E-state index is 0.00726. The summed E-state index contributed by atoms with van der Waals surface area (Å²) < 4.78 is 0. The number of benzene rings is 2. The molecular weight excluding hydrogens is 352 g/mol. The Morgan fingerprint density at radius 3 is 2.22 bits per heavy atom. The minimum atomic E-state index is -0.336. The van der Waals surface area contributed by atoms with Crippen molar-refractivity contribution in [2.24, 2.45) is 0 Å². The third-order valence-electron chi connectivity index (χ3n) is 4.70. The van der Waals surface area contributed by atoms with Crippen LogP contribution in [0.4, 0.5) is 5.69 Å². The molecule has 1 aromatic heterocycles. The van der Waals surface area contributed by atoms with Gasteiger partial charge in [0.15, 0.2) is 0 Å². The van der Waals surface area contributed by atoms with E-state index in [1.165, 1.54) is 10.4 Å². The number of carbonyl (C=O) groups excluding carboxylic acids is 1. The summed E-state index contributed by atoms with van der Waals surface area (Å²) in [6.07, 6.45) is 0. The number of rotatable bonds is 6. The van der Waals surface area contributed by atoms with Crippen LogP contribution in [0.15, 0.2) is 60.0 Å². The molecule has 2 aromatic carbocycles. The molecule has 0 bridgehead atoms. The number of hydrogen-bond acceptors (Lipinski definition) is 3. The van der Waals surface area contributed by atoms with E-state index in [2.05, 4.69) is 53.3 Å². The van der Waals surface area contributed by atoms with Gasteiger partial charge in [-0.05, 0) is 55.8 Å². The van der Waals surface area contributed by atoms with E-state index in [1.807, 2.05) is 45.0 Å². The zero-order valence-corrected chi connectivity index (χ0v) is 17.1. The van der Waals surface area contributed by atoms with Gasteiger partial charge in [0.1, 0.15) is 0 Å². The first-order valence-electron chi connectivity index (χ1n) is 9.19. The Bertz CT molecular complexity index is 880. The summed E-state index contributed by atoms with van der Waals surface area (Å²) in [5, 5.41) is 8.68. The molecule has 0 aliphatic heterocycles. The fraction of sp³-hybridized carbons (Fsp3) is 0.261. The lowest BCUT2D eigenvalue weighted by Crippen LogP contribution is -2.40. The van der Waals surface area contributed by atoms with Crippen molar-refractivity contribution < 1.29 is 4.79 Å². The van der Waals surface area contributed by atoms with Crippen LogP contribution in [0.5, 0.6) is 0 Å². The van der Waals surface area contributed by atoms with Crippen LogP contribution in [0.3, 0.4) is 0 Å². The summed E-state index contributed by atoms with van der Waals surface area (Å²) in [6, 6.07) is 18.3. The molecule has 3 rings (SSSR count). The summed E-state index contributed by atoms with van der Waals surface area (Å²) in [6.45, 7) is 8.05. The van der Waals surface area contributed by atoms with Crippen molar-refractivity contribution >= 4 is 22.9 Å². The Kier molecular flexibility index (Phi) is 6.09. The fourth-order valence-electron chi connectivity index (χ4n) is 3.38. The number of carbonyl (C=O) groups is 1. The van der Waals surface area contributed by atoms with E-state index in [9.17, 15) is 4.79 Å². The van der Waals surface area contributed by atoms with E-state index in [-0.39, 0.29) is 18.0 Å². The SMILES string of the molecule is Cc1cc(C)c(NC(=O)[C@@H](C)N[C@@H](c2ccccc2)c2cccs2)c(C)c1. The first-order valence-corrected chi connectivity index (χ1v) is 10.1. The van der Waals surface area contributed by atoms with Gasteiger partial charge in [-0.25, -0.2) is 0 Å². The molecule has 2 N–H and O–H groups in total. The van der Waals surface area contributed by atoms with Crippen molar-refractivity contribution in [2.75, 3.05) is 5.32 Å². The lowest BCUT2D eigenvalue weighted by molar-refractivity contribution is -0.117. The largest absolute Gasteiger partial charge is 0.324 e. The van der Waals surface area contributed by atoms with Crippen molar-refractivity contribution in [2.45, 2.75) is 39.8 Å². The fourth-order valence-corrected chi connectivity index (χ4v) is 4.19. The Morgan fingerprint density at radius 2 is 1.63 bits per heavy atom. The Morgan fingerprint density at radius 1 is 0.963 bits per heavy atom. The number of hydrogen-bond donors (Lipinski definition) is 2. The first-order chi connectivity index (χ1) is 13.0. The lowest BCUT2D eigenvalue weighted by atomic mass is 10.0. The van der Waals surface area contributed by atoms with E-state index in [0.717, 1.165) is 22.4 Å². The van der Waals surface area contributed by atoms with Crippen molar-refractivity contribution in [3.05, 3.63) is 87.1 Å². The summed E-state index contributed by atoms with van der Waals surface area (Å²) >= 11 is 1.70. The van der Waals surface area contributed by atoms with Crippen LogP contribution >= 0.6 is 11.3 Å². The molecule has 0 radical (unpaired) electrons. The van der Waals surface area contributed by atoms with Crippen molar-refractivity contribution in [3.63, 3.8) is 0 Å². The van der Waals surface area contributed by atoms with Crippen LogP contribution < -0.4 is 10.6 Å². The van der Waals surface area contributed by atoms with Crippen molar-refractivity contribution in [1.82, 2.24) is 5.32 Å². The molecule has 140 valence electrons. The van der Waals surface area contributed by atoms with Gasteiger partial charge in [0.25, 0.3) is 0 Å². The average Bonchev–Trinajstić information content (AvgIpc) is 3.17. The highest BCUT2D eigenvalue weighted by molar-refractivity contribution is 7.10. The van der Waals surface area contributed by atoms with Gasteiger partial charge in [-0.1, -0.05) is 54.1 Å². The van der Waals surface area contributed by atoms with Crippen molar-refractivity contribution in [3.8, 4) is 0 Å². The number of aryl methyl sites for hydroxylation is 3. The van der Waals surface area contributed by atoms with Crippen LogP contribution in [0, 0.1) is 20.8 Å². The Labute approximate surface area is 165 Å². The van der Waals surface area contributed by atoms with Crippen LogP contribution in [0.25, 0.3) is 0 Å². The Hall–Kier alpha value is -2.43. The van der Waals surface area contributed by atoms with Crippen LogP contribution in [0.2, 0.25) is 0 Å². The molecule has 0 spiro atoms. The molecule has 1 amide bonds. The number of nitrogens with one attached hydrogen (secondary N) is 2. The summed E-state index contributed by atoms with van der Waals surface area (Å²) in [5.41, 5.74) is 5.45. The predicted molar refractivity (Wildman–Crippen MR) is 114 cm³/mol. The van der Waals surface area contributed by atoms with E-state index in [4.69, 9.17) is 0 Å². The van der Waals surface area contributed by atoms with Crippen LogP contribution in [0.1, 0.15) is 40.1 Å². The van der Waals surface area contributed by atoms with Gasteiger partial charge in [-0.15, -0.1) is 11.3 Å². The second-order valence-electron chi connectivity index (χ2n) is 7.01. The molecule has 27 heavy (non-hydrogen) atoms. The highest BCUT2D eigenvalue weighted by Crippen LogP contribution is 2.27. The third-order valence-corrected chi connectivity index (χ3v) is 5.63. The van der Waals surface area contributed by atoms with Crippen molar-refractivity contribution in [1.29, 1.82) is 0 Å². The van der Waals surface area contributed by atoms with E-state index >= 15 is 0 Å². The number of amides is 1. The van der Waals surface area contributed by atoms with E-state index < -0.39 is 0 Å². The molecule has 0 saturated heterocycles. The predicted octanol–water partition coefficient (Wildman–Crippen LogP) is 5.38. The maximum Gasteiger partial charge on any atom is 0.241 e. The molecule has 3 aromatic rings. The first kappa shape index (κ1) is 19.3. The number of anilines is 1. The molecule has 0 fully saturated rings. The number of thiophene rings is 1. The second kappa shape index (κ2) is 8.51. The standard InChI is InChI=1S/C23H26N2OS/c1-15-13-16(2)21(17(3)14-15)25-23(26)18(4)24-22(20-11-8-12-27-20)19-9-6-5-7-10-19/h5-14,18,22,24H,1-4H3,(H,25,26)/t18-,22+/m1/s1. The maximum atomic E-state index is 12.9. The van der Waals surface area contributed by atoms with Gasteiger partial charge >= 0.3 is 0 Å². The minimum Gasteiger partial charge on any atom is -0.324 e. The normalized spacial score (nSPS) is 13.2. The van der Waals surface area contributed by atoms with Gasteiger partial charge in [0.05, 0.1) is 12.1 Å². The van der Waals surface area contributed by atoms with Gasteiger partial charge in [0, 0.05) is 10.6 Å². The van der Waals surface area contributed by atoms with Crippen LogP contribution in [-0.4, -0.2) is 11.9 Å². The highest BCUT2D eigenvalue weighted by Gasteiger charge is 2.22. The Balaban J connectivity index is 1.78. The average molecular weight is 379 g/mol. The van der Waals surface area contributed by atoms with Gasteiger partial charge in [0.2, 0.25) is 5.91 Å². The molecule has 3 nitrogen and oxygen atoms in total. The molecule has 4 heteroatoms. The molecule has 1 heterocycles. The summed E-state index contributed by atoms with van der Waals surface area (Å²) in [7, 11) is 0.